The van der Waals surface area contributed by atoms with Crippen molar-refractivity contribution in [3.8, 4) is 0 Å². The number of hydrogen-bond donors (Lipinski definition) is 0. The minimum Gasteiger partial charge on any atom is -0.258 e. The third-order valence-corrected chi connectivity index (χ3v) is 3.27. The zero-order valence-corrected chi connectivity index (χ0v) is 10.3. The molecule has 8 nitrogen and oxygen atoms in total. The lowest BCUT2D eigenvalue weighted by atomic mass is 10.1. The fourth-order valence-corrected chi connectivity index (χ4v) is 2.06. The molecular weight excluding hydrogens is 288 g/mol. The van der Waals surface area contributed by atoms with Crippen molar-refractivity contribution in [2.24, 2.45) is 0 Å². The van der Waals surface area contributed by atoms with E-state index in [0.717, 1.165) is 18.2 Å². The monoisotopic (exact) mass is 294 g/mol. The fraction of sp³-hybridized carbons (Fsp3) is 0.250. The lowest BCUT2D eigenvalue weighted by molar-refractivity contribution is -0.395. The topological polar surface area (TPSA) is 120 Å². The number of hydrogen-bond acceptors (Lipinski definition) is 6. The maximum Gasteiger partial charge on any atom is 0.279 e. The summed E-state index contributed by atoms with van der Waals surface area (Å²) < 4.78 is 21.6. The van der Waals surface area contributed by atoms with Gasteiger partial charge in [-0.2, -0.15) is 0 Å². The maximum absolute atomic E-state index is 10.8. The third kappa shape index (κ3) is 3.64. The molecule has 0 saturated heterocycles. The summed E-state index contributed by atoms with van der Waals surface area (Å²) in [6.45, 7) is 0. The van der Waals surface area contributed by atoms with E-state index in [1.807, 2.05) is 0 Å². The van der Waals surface area contributed by atoms with E-state index in [1.54, 1.807) is 0 Å². The van der Waals surface area contributed by atoms with Crippen LogP contribution in [-0.2, 0) is 15.5 Å². The van der Waals surface area contributed by atoms with Gasteiger partial charge in [0.05, 0.1) is 15.6 Å². The fourth-order valence-electron chi connectivity index (χ4n) is 1.39. The Bertz CT molecular complexity index is 567. The molecule has 1 rings (SSSR count). The van der Waals surface area contributed by atoms with Crippen molar-refractivity contribution in [2.45, 2.75) is 6.42 Å². The van der Waals surface area contributed by atoms with Gasteiger partial charge in [-0.3, -0.25) is 20.2 Å². The van der Waals surface area contributed by atoms with E-state index in [-0.39, 0.29) is 12.0 Å². The molecule has 0 aliphatic rings. The van der Waals surface area contributed by atoms with Crippen molar-refractivity contribution >= 4 is 31.1 Å². The molecule has 0 aliphatic heterocycles. The van der Waals surface area contributed by atoms with E-state index in [4.69, 9.17) is 10.7 Å². The predicted molar refractivity (Wildman–Crippen MR) is 63.1 cm³/mol. The Kier molecular flexibility index (Phi) is 4.19. The predicted octanol–water partition coefficient (Wildman–Crippen LogP) is 1.61. The summed E-state index contributed by atoms with van der Waals surface area (Å²) in [6.07, 6.45) is -0.390. The van der Waals surface area contributed by atoms with Gasteiger partial charge in [0.25, 0.3) is 11.4 Å². The van der Waals surface area contributed by atoms with Crippen molar-refractivity contribution < 1.29 is 18.3 Å². The second kappa shape index (κ2) is 5.27. The molecule has 0 amide bonds. The quantitative estimate of drug-likeness (QED) is 0.462. The number of halogens is 1. The van der Waals surface area contributed by atoms with Gasteiger partial charge in [0.2, 0.25) is 9.05 Å². The van der Waals surface area contributed by atoms with Crippen LogP contribution in [0.5, 0.6) is 0 Å². The first-order valence-corrected chi connectivity index (χ1v) is 7.03. The summed E-state index contributed by atoms with van der Waals surface area (Å²) >= 11 is 0. The van der Waals surface area contributed by atoms with Crippen LogP contribution in [0.2, 0.25) is 0 Å². The summed E-state index contributed by atoms with van der Waals surface area (Å²) in [5, 5.41) is 21.4. The molecule has 1 aromatic carbocycles. The lowest BCUT2D eigenvalue weighted by Gasteiger charge is -2.02. The van der Waals surface area contributed by atoms with Crippen LogP contribution in [0.15, 0.2) is 18.2 Å². The second-order valence-corrected chi connectivity index (χ2v) is 6.18. The number of nitrogens with zero attached hydrogens (tertiary/aromatic N) is 2. The second-order valence-electron chi connectivity index (χ2n) is 3.28. The molecule has 0 atom stereocenters. The average Bonchev–Trinajstić information content (AvgIpc) is 2.24. The Balaban J connectivity index is 3.27. The van der Waals surface area contributed by atoms with Gasteiger partial charge in [0.1, 0.15) is 5.56 Å². The Morgan fingerprint density at radius 1 is 1.11 bits per heavy atom. The van der Waals surface area contributed by atoms with E-state index in [9.17, 15) is 28.6 Å². The number of benzene rings is 1. The first kappa shape index (κ1) is 14.3. The van der Waals surface area contributed by atoms with Crippen molar-refractivity contribution in [3.05, 3.63) is 44.0 Å². The molecule has 0 aromatic heterocycles. The maximum atomic E-state index is 10.8. The molecule has 0 aliphatic carbocycles. The van der Waals surface area contributed by atoms with Crippen LogP contribution < -0.4 is 0 Å². The zero-order valence-electron chi connectivity index (χ0n) is 8.78. The van der Waals surface area contributed by atoms with E-state index >= 15 is 0 Å². The summed E-state index contributed by atoms with van der Waals surface area (Å²) in [5.74, 6) is -0.611. The summed E-state index contributed by atoms with van der Waals surface area (Å²) in [7, 11) is 1.10. The highest BCUT2D eigenvalue weighted by Gasteiger charge is 2.25. The highest BCUT2D eigenvalue weighted by molar-refractivity contribution is 8.13. The van der Waals surface area contributed by atoms with E-state index in [1.165, 1.54) is 0 Å². The largest absolute Gasteiger partial charge is 0.279 e. The molecule has 0 spiro atoms. The Morgan fingerprint density at radius 3 is 1.89 bits per heavy atom. The van der Waals surface area contributed by atoms with Gasteiger partial charge in [-0.1, -0.05) is 0 Å². The molecule has 1 aromatic rings. The Hall–Kier alpha value is -1.74. The first-order valence-electron chi connectivity index (χ1n) is 4.55. The number of nitro benzene ring substituents is 2. The molecule has 0 heterocycles. The summed E-state index contributed by atoms with van der Waals surface area (Å²) in [4.78, 5) is 19.8. The van der Waals surface area contributed by atoms with Crippen LogP contribution in [0.1, 0.15) is 5.56 Å². The molecule has 98 valence electrons. The van der Waals surface area contributed by atoms with Gasteiger partial charge in [-0.15, -0.1) is 0 Å². The average molecular weight is 295 g/mol. The van der Waals surface area contributed by atoms with Crippen molar-refractivity contribution in [2.75, 3.05) is 5.75 Å². The SMILES string of the molecule is O=[N+]([O-])c1cccc([N+](=O)[O-])c1CCS(=O)(=O)Cl. The number of rotatable bonds is 5. The first-order chi connectivity index (χ1) is 8.22. The Labute approximate surface area is 106 Å². The Morgan fingerprint density at radius 2 is 1.56 bits per heavy atom. The van der Waals surface area contributed by atoms with Crippen LogP contribution in [-0.4, -0.2) is 24.0 Å². The molecule has 0 bridgehead atoms. The molecule has 0 radical (unpaired) electrons. The number of nitro groups is 2. The third-order valence-electron chi connectivity index (χ3n) is 2.12. The van der Waals surface area contributed by atoms with Gasteiger partial charge in [-0.25, -0.2) is 8.42 Å². The zero-order chi connectivity index (χ0) is 13.9. The molecule has 18 heavy (non-hydrogen) atoms. The van der Waals surface area contributed by atoms with Gasteiger partial charge >= 0.3 is 0 Å². The van der Waals surface area contributed by atoms with Crippen molar-refractivity contribution in [1.82, 2.24) is 0 Å². The van der Waals surface area contributed by atoms with E-state index in [2.05, 4.69) is 0 Å². The standard InChI is InChI=1S/C8H7ClN2O6S/c9-18(16,17)5-4-6-7(10(12)13)2-1-3-8(6)11(14)15/h1-3H,4-5H2. The van der Waals surface area contributed by atoms with Crippen LogP contribution in [0.3, 0.4) is 0 Å². The van der Waals surface area contributed by atoms with Gasteiger partial charge in [0.15, 0.2) is 0 Å². The minimum absolute atomic E-state index is 0.253. The molecular formula is C8H7ClN2O6S. The van der Waals surface area contributed by atoms with Crippen molar-refractivity contribution in [3.63, 3.8) is 0 Å². The summed E-state index contributed by atoms with van der Waals surface area (Å²) in [5.41, 5.74) is -1.24. The molecule has 0 unspecified atom stereocenters. The van der Waals surface area contributed by atoms with Crippen LogP contribution in [0, 0.1) is 20.2 Å². The van der Waals surface area contributed by atoms with Gasteiger partial charge in [-0.05, 0) is 6.07 Å². The highest BCUT2D eigenvalue weighted by Crippen LogP contribution is 2.28. The smallest absolute Gasteiger partial charge is 0.258 e. The minimum atomic E-state index is -3.88. The van der Waals surface area contributed by atoms with Gasteiger partial charge in [0, 0.05) is 29.2 Å². The lowest BCUT2D eigenvalue weighted by Crippen LogP contribution is -2.06. The van der Waals surface area contributed by atoms with Crippen LogP contribution in [0.25, 0.3) is 0 Å². The highest BCUT2D eigenvalue weighted by atomic mass is 35.7. The normalized spacial score (nSPS) is 11.2. The van der Waals surface area contributed by atoms with E-state index < -0.39 is 36.0 Å². The summed E-state index contributed by atoms with van der Waals surface area (Å²) in [6, 6.07) is 3.31. The van der Waals surface area contributed by atoms with Crippen molar-refractivity contribution in [1.29, 1.82) is 0 Å². The van der Waals surface area contributed by atoms with Crippen LogP contribution >= 0.6 is 10.7 Å². The molecule has 0 fully saturated rings. The van der Waals surface area contributed by atoms with E-state index in [0.29, 0.717) is 0 Å². The van der Waals surface area contributed by atoms with Crippen LogP contribution in [0.4, 0.5) is 11.4 Å². The molecule has 0 N–H and O–H groups in total. The van der Waals surface area contributed by atoms with Gasteiger partial charge < -0.3 is 0 Å². The molecule has 10 heteroatoms. The molecule has 0 saturated carbocycles.